The molecule has 6 nitrogen and oxygen atoms in total. The van der Waals surface area contributed by atoms with Crippen LogP contribution in [0.2, 0.25) is 0 Å². The van der Waals surface area contributed by atoms with Gasteiger partial charge in [-0.25, -0.2) is 12.8 Å². The van der Waals surface area contributed by atoms with Crippen LogP contribution in [0.5, 0.6) is 0 Å². The van der Waals surface area contributed by atoms with Gasteiger partial charge in [0, 0.05) is 24.7 Å². The molecule has 0 unspecified atom stereocenters. The van der Waals surface area contributed by atoms with Gasteiger partial charge in [-0.2, -0.15) is 9.57 Å². The van der Waals surface area contributed by atoms with Gasteiger partial charge in [0.05, 0.1) is 10.5 Å². The van der Waals surface area contributed by atoms with E-state index in [4.69, 9.17) is 5.26 Å². The summed E-state index contributed by atoms with van der Waals surface area (Å²) in [4.78, 5) is 12.4. The third-order valence-corrected chi connectivity index (χ3v) is 6.52. The standard InChI is InChI=1S/C19H18FN3O3S/c20-16-5-7-17(8-6-16)22-19(24)14-9-11-23(12-10-14)27(25,26)18-4-2-1-3-15(18)13-21/h1-8,14H,9-12H2,(H,22,24). The fraction of sp³-hybridized carbons (Fsp3) is 0.263. The summed E-state index contributed by atoms with van der Waals surface area (Å²) < 4.78 is 39.9. The Labute approximate surface area is 157 Å². The van der Waals surface area contributed by atoms with Crippen LogP contribution in [0.4, 0.5) is 10.1 Å². The topological polar surface area (TPSA) is 90.3 Å². The van der Waals surface area contributed by atoms with Crippen LogP contribution in [0, 0.1) is 23.1 Å². The fourth-order valence-corrected chi connectivity index (χ4v) is 4.67. The number of halogens is 1. The quantitative estimate of drug-likeness (QED) is 0.873. The van der Waals surface area contributed by atoms with E-state index < -0.39 is 10.0 Å². The molecule has 1 aliphatic heterocycles. The van der Waals surface area contributed by atoms with E-state index in [1.165, 1.54) is 40.7 Å². The molecule has 0 bridgehead atoms. The molecule has 8 heteroatoms. The zero-order valence-corrected chi connectivity index (χ0v) is 15.2. The predicted octanol–water partition coefficient (Wildman–Crippen LogP) is 2.74. The number of hydrogen-bond donors (Lipinski definition) is 1. The molecule has 2 aromatic rings. The lowest BCUT2D eigenvalue weighted by Crippen LogP contribution is -2.41. The van der Waals surface area contributed by atoms with Crippen molar-refractivity contribution in [3.63, 3.8) is 0 Å². The van der Waals surface area contributed by atoms with Crippen LogP contribution in [0.1, 0.15) is 18.4 Å². The molecule has 0 atom stereocenters. The molecular weight excluding hydrogens is 369 g/mol. The van der Waals surface area contributed by atoms with Crippen molar-refractivity contribution in [2.45, 2.75) is 17.7 Å². The minimum absolute atomic E-state index is 0.0123. The van der Waals surface area contributed by atoms with Crippen molar-refractivity contribution in [2.24, 2.45) is 5.92 Å². The van der Waals surface area contributed by atoms with Gasteiger partial charge < -0.3 is 5.32 Å². The minimum atomic E-state index is -3.78. The Kier molecular flexibility index (Phi) is 5.54. The zero-order chi connectivity index (χ0) is 19.4. The molecule has 1 fully saturated rings. The summed E-state index contributed by atoms with van der Waals surface area (Å²) in [6.45, 7) is 0.396. The second-order valence-corrected chi connectivity index (χ2v) is 8.19. The summed E-state index contributed by atoms with van der Waals surface area (Å²) in [7, 11) is -3.78. The van der Waals surface area contributed by atoms with Crippen molar-refractivity contribution in [2.75, 3.05) is 18.4 Å². The highest BCUT2D eigenvalue weighted by Crippen LogP contribution is 2.26. The highest BCUT2D eigenvalue weighted by atomic mass is 32.2. The van der Waals surface area contributed by atoms with E-state index in [1.807, 2.05) is 6.07 Å². The van der Waals surface area contributed by atoms with E-state index >= 15 is 0 Å². The molecule has 1 aliphatic rings. The number of amides is 1. The van der Waals surface area contributed by atoms with Gasteiger partial charge in [-0.05, 0) is 49.2 Å². The Hall–Kier alpha value is -2.76. The van der Waals surface area contributed by atoms with Crippen LogP contribution < -0.4 is 5.32 Å². The number of carbonyl (C=O) groups excluding carboxylic acids is 1. The number of benzene rings is 2. The molecule has 1 N–H and O–H groups in total. The maximum Gasteiger partial charge on any atom is 0.244 e. The van der Waals surface area contributed by atoms with Gasteiger partial charge in [-0.1, -0.05) is 12.1 Å². The van der Waals surface area contributed by atoms with Crippen molar-refractivity contribution >= 4 is 21.6 Å². The van der Waals surface area contributed by atoms with Gasteiger partial charge in [0.1, 0.15) is 11.9 Å². The largest absolute Gasteiger partial charge is 0.326 e. The first-order valence-electron chi connectivity index (χ1n) is 8.47. The Balaban J connectivity index is 1.65. The summed E-state index contributed by atoms with van der Waals surface area (Å²) in [5.41, 5.74) is 0.605. The van der Waals surface area contributed by atoms with E-state index in [1.54, 1.807) is 12.1 Å². The fourth-order valence-electron chi connectivity index (χ4n) is 3.06. The summed E-state index contributed by atoms with van der Waals surface area (Å²) in [5, 5.41) is 11.9. The number of nitrogens with zero attached hydrogens (tertiary/aromatic N) is 2. The zero-order valence-electron chi connectivity index (χ0n) is 14.4. The van der Waals surface area contributed by atoms with Crippen LogP contribution in [0.25, 0.3) is 0 Å². The molecule has 1 heterocycles. The number of nitriles is 1. The molecule has 3 rings (SSSR count). The second-order valence-electron chi connectivity index (χ2n) is 6.28. The molecule has 2 aromatic carbocycles. The third-order valence-electron chi connectivity index (χ3n) is 4.56. The minimum Gasteiger partial charge on any atom is -0.326 e. The summed E-state index contributed by atoms with van der Waals surface area (Å²) >= 11 is 0. The van der Waals surface area contributed by atoms with Gasteiger partial charge in [0.2, 0.25) is 15.9 Å². The van der Waals surface area contributed by atoms with E-state index in [-0.39, 0.29) is 41.2 Å². The molecule has 27 heavy (non-hydrogen) atoms. The lowest BCUT2D eigenvalue weighted by molar-refractivity contribution is -0.120. The van der Waals surface area contributed by atoms with Crippen LogP contribution in [0.3, 0.4) is 0 Å². The summed E-state index contributed by atoms with van der Waals surface area (Å²) in [5.74, 6) is -0.923. The SMILES string of the molecule is N#Cc1ccccc1S(=O)(=O)N1CCC(C(=O)Nc2ccc(F)cc2)CC1. The lowest BCUT2D eigenvalue weighted by Gasteiger charge is -2.30. The Morgan fingerprint density at radius 3 is 2.37 bits per heavy atom. The predicted molar refractivity (Wildman–Crippen MR) is 97.7 cm³/mol. The molecule has 140 valence electrons. The molecule has 0 aliphatic carbocycles. The number of carbonyl (C=O) groups is 1. The molecular formula is C19H18FN3O3S. The normalized spacial score (nSPS) is 15.9. The van der Waals surface area contributed by atoms with Crippen molar-refractivity contribution in [1.29, 1.82) is 5.26 Å². The maximum absolute atomic E-state index is 12.9. The smallest absolute Gasteiger partial charge is 0.244 e. The first-order chi connectivity index (χ1) is 12.9. The first-order valence-corrected chi connectivity index (χ1v) is 9.91. The molecule has 0 saturated carbocycles. The molecule has 0 radical (unpaired) electrons. The first kappa shape index (κ1) is 19.0. The Morgan fingerprint density at radius 1 is 1.11 bits per heavy atom. The Bertz CT molecular complexity index is 976. The molecule has 1 amide bonds. The van der Waals surface area contributed by atoms with E-state index in [0.29, 0.717) is 18.5 Å². The van der Waals surface area contributed by atoms with E-state index in [9.17, 15) is 17.6 Å². The van der Waals surface area contributed by atoms with E-state index in [0.717, 1.165) is 0 Å². The van der Waals surface area contributed by atoms with Gasteiger partial charge in [-0.15, -0.1) is 0 Å². The average molecular weight is 387 g/mol. The number of hydrogen-bond acceptors (Lipinski definition) is 4. The van der Waals surface area contributed by atoms with Crippen molar-refractivity contribution in [3.05, 3.63) is 59.9 Å². The summed E-state index contributed by atoms with van der Waals surface area (Å²) in [6, 6.07) is 13.5. The summed E-state index contributed by atoms with van der Waals surface area (Å²) in [6.07, 6.45) is 0.752. The van der Waals surface area contributed by atoms with Crippen LogP contribution >= 0.6 is 0 Å². The highest BCUT2D eigenvalue weighted by molar-refractivity contribution is 7.89. The van der Waals surface area contributed by atoms with Gasteiger partial charge in [0.15, 0.2) is 0 Å². The Morgan fingerprint density at radius 2 is 1.74 bits per heavy atom. The van der Waals surface area contributed by atoms with Gasteiger partial charge in [-0.3, -0.25) is 4.79 Å². The second kappa shape index (κ2) is 7.86. The molecule has 0 spiro atoms. The monoisotopic (exact) mass is 387 g/mol. The third kappa shape index (κ3) is 4.15. The lowest BCUT2D eigenvalue weighted by atomic mass is 9.97. The molecule has 1 saturated heterocycles. The van der Waals surface area contributed by atoms with Crippen LogP contribution in [-0.2, 0) is 14.8 Å². The van der Waals surface area contributed by atoms with Gasteiger partial charge in [0.25, 0.3) is 0 Å². The number of nitrogens with one attached hydrogen (secondary N) is 1. The van der Waals surface area contributed by atoms with Crippen molar-refractivity contribution in [3.8, 4) is 6.07 Å². The maximum atomic E-state index is 12.9. The number of sulfonamides is 1. The van der Waals surface area contributed by atoms with E-state index in [2.05, 4.69) is 5.32 Å². The number of piperidine rings is 1. The number of anilines is 1. The number of rotatable bonds is 4. The van der Waals surface area contributed by atoms with Crippen LogP contribution in [-0.4, -0.2) is 31.7 Å². The van der Waals surface area contributed by atoms with Crippen molar-refractivity contribution < 1.29 is 17.6 Å². The van der Waals surface area contributed by atoms with Gasteiger partial charge >= 0.3 is 0 Å². The average Bonchev–Trinajstić information content (AvgIpc) is 2.69. The van der Waals surface area contributed by atoms with Crippen molar-refractivity contribution in [1.82, 2.24) is 4.31 Å². The molecule has 0 aromatic heterocycles. The highest BCUT2D eigenvalue weighted by Gasteiger charge is 2.33. The van der Waals surface area contributed by atoms with Crippen LogP contribution in [0.15, 0.2) is 53.4 Å².